The fourth-order valence-electron chi connectivity index (χ4n) is 5.26. The predicted octanol–water partition coefficient (Wildman–Crippen LogP) is 7.38. The highest BCUT2D eigenvalue weighted by Crippen LogP contribution is 2.48. The smallest absolute Gasteiger partial charge is 0.122 e. The summed E-state index contributed by atoms with van der Waals surface area (Å²) in [7, 11) is 0. The van der Waals surface area contributed by atoms with Crippen LogP contribution in [0.4, 0.5) is 5.69 Å². The third-order valence-corrected chi connectivity index (χ3v) is 7.65. The van der Waals surface area contributed by atoms with E-state index in [2.05, 4.69) is 73.8 Å². The molecule has 0 saturated heterocycles. The molecule has 0 bridgehead atoms. The van der Waals surface area contributed by atoms with Crippen molar-refractivity contribution in [1.82, 2.24) is 0 Å². The Morgan fingerprint density at radius 2 is 1.81 bits per heavy atom. The quantitative estimate of drug-likeness (QED) is 0.402. The van der Waals surface area contributed by atoms with Crippen molar-refractivity contribution in [2.45, 2.75) is 53.0 Å². The first kappa shape index (κ1) is 20.5. The Morgan fingerprint density at radius 1 is 0.935 bits per heavy atom. The average molecular weight is 430 g/mol. The van der Waals surface area contributed by atoms with Crippen LogP contribution in [0.25, 0.3) is 22.3 Å². The maximum absolute atomic E-state index is 5.87. The van der Waals surface area contributed by atoms with Gasteiger partial charge in [0.2, 0.25) is 0 Å². The largest absolute Gasteiger partial charge is 0.493 e. The maximum atomic E-state index is 5.87. The average Bonchev–Trinajstić information content (AvgIpc) is 2.82. The van der Waals surface area contributed by atoms with E-state index in [-0.39, 0.29) is 0 Å². The molecule has 3 aromatic carbocycles. The van der Waals surface area contributed by atoms with Gasteiger partial charge in [-0.05, 0) is 95.3 Å². The van der Waals surface area contributed by atoms with Crippen molar-refractivity contribution in [2.24, 2.45) is 0 Å². The normalized spacial score (nSPS) is 14.5. The van der Waals surface area contributed by atoms with Gasteiger partial charge in [-0.1, -0.05) is 50.1 Å². The number of fused-ring (bicyclic) bond motifs is 4. The van der Waals surface area contributed by atoms with E-state index in [0.717, 1.165) is 44.6 Å². The lowest BCUT2D eigenvalue weighted by Crippen LogP contribution is -2.21. The second kappa shape index (κ2) is 8.27. The molecular weight excluding hydrogens is 398 g/mol. The van der Waals surface area contributed by atoms with E-state index >= 15 is 0 Å². The first-order valence-corrected chi connectivity index (χ1v) is 12.7. The van der Waals surface area contributed by atoms with Gasteiger partial charge in [0.15, 0.2) is 0 Å². The number of nitrogens with zero attached hydrogens (tertiary/aromatic N) is 1. The van der Waals surface area contributed by atoms with Crippen LogP contribution in [0.15, 0.2) is 42.5 Å². The van der Waals surface area contributed by atoms with Crippen LogP contribution in [0.2, 0.25) is 0 Å². The number of aryl methyl sites for hydroxylation is 2. The number of anilines is 1. The van der Waals surface area contributed by atoms with Gasteiger partial charge < -0.3 is 9.04 Å². The Labute approximate surface area is 190 Å². The van der Waals surface area contributed by atoms with Crippen LogP contribution in [0.5, 0.6) is 5.75 Å². The molecule has 2 aliphatic rings. The summed E-state index contributed by atoms with van der Waals surface area (Å²) in [6.45, 7) is 8.65. The van der Waals surface area contributed by atoms with Crippen LogP contribution in [-0.4, -0.2) is 12.9 Å². The molecular formula is C28H31NOS. The summed E-state index contributed by atoms with van der Waals surface area (Å²) >= 11 is 1.84. The minimum Gasteiger partial charge on any atom is -0.493 e. The summed E-state index contributed by atoms with van der Waals surface area (Å²) in [6, 6.07) is 16.3. The second-order valence-corrected chi connectivity index (χ2v) is 9.42. The molecule has 2 aliphatic heterocycles. The topological polar surface area (TPSA) is 12.5 Å². The van der Waals surface area contributed by atoms with E-state index in [1.54, 1.807) is 0 Å². The van der Waals surface area contributed by atoms with Gasteiger partial charge in [0.25, 0.3) is 0 Å². The number of benzene rings is 3. The molecule has 0 saturated carbocycles. The molecule has 0 N–H and O–H groups in total. The highest BCUT2D eigenvalue weighted by Gasteiger charge is 2.27. The van der Waals surface area contributed by atoms with Gasteiger partial charge in [-0.25, -0.2) is 0 Å². The lowest BCUT2D eigenvalue weighted by molar-refractivity contribution is 0.288. The lowest BCUT2D eigenvalue weighted by Gasteiger charge is -2.34. The molecule has 5 rings (SSSR count). The fourth-order valence-corrected chi connectivity index (χ4v) is 5.95. The second-order valence-electron chi connectivity index (χ2n) is 8.62. The van der Waals surface area contributed by atoms with Crippen molar-refractivity contribution in [2.75, 3.05) is 17.2 Å². The molecule has 0 amide bonds. The van der Waals surface area contributed by atoms with Crippen LogP contribution >= 0.6 is 11.9 Å². The molecule has 31 heavy (non-hydrogen) atoms. The lowest BCUT2D eigenvalue weighted by atomic mass is 9.84. The Morgan fingerprint density at radius 3 is 2.58 bits per heavy atom. The van der Waals surface area contributed by atoms with Crippen LogP contribution in [-0.2, 0) is 25.8 Å². The minimum atomic E-state index is 0.839. The molecule has 0 radical (unpaired) electrons. The van der Waals surface area contributed by atoms with Gasteiger partial charge >= 0.3 is 0 Å². The number of ether oxygens (including phenoxy) is 1. The van der Waals surface area contributed by atoms with Crippen molar-refractivity contribution < 1.29 is 4.74 Å². The number of hydrogen-bond donors (Lipinski definition) is 0. The van der Waals surface area contributed by atoms with Gasteiger partial charge in [0.05, 0.1) is 18.8 Å². The molecule has 3 aromatic rings. The third-order valence-electron chi connectivity index (χ3n) is 6.90. The summed E-state index contributed by atoms with van der Waals surface area (Å²) in [5, 5.41) is 0. The van der Waals surface area contributed by atoms with Gasteiger partial charge in [-0.2, -0.15) is 0 Å². The first-order valence-electron chi connectivity index (χ1n) is 11.5. The summed E-state index contributed by atoms with van der Waals surface area (Å²) in [6.07, 6.45) is 6.52. The number of hydrogen-bond acceptors (Lipinski definition) is 3. The first-order chi connectivity index (χ1) is 15.1. The van der Waals surface area contributed by atoms with E-state index in [4.69, 9.17) is 4.74 Å². The molecule has 0 unspecified atom stereocenters. The van der Waals surface area contributed by atoms with Crippen molar-refractivity contribution in [3.63, 3.8) is 0 Å². The SMILES string of the molecule is CCc1ccc2c(c1)CN(SC)c1c-2cc(-c2ccc3c(c2)CCCO3)c(CC)c1C. The summed E-state index contributed by atoms with van der Waals surface area (Å²) in [5.41, 5.74) is 13.9. The highest BCUT2D eigenvalue weighted by atomic mass is 32.2. The summed E-state index contributed by atoms with van der Waals surface area (Å²) in [4.78, 5) is 0. The minimum absolute atomic E-state index is 0.839. The molecule has 160 valence electrons. The Hall–Kier alpha value is -2.39. The van der Waals surface area contributed by atoms with E-state index in [1.807, 2.05) is 11.9 Å². The fraction of sp³-hybridized carbons (Fsp3) is 0.357. The molecule has 3 heteroatoms. The molecule has 0 fully saturated rings. The van der Waals surface area contributed by atoms with E-state index < -0.39 is 0 Å². The zero-order valence-corrected chi connectivity index (χ0v) is 19.9. The molecule has 0 atom stereocenters. The van der Waals surface area contributed by atoms with E-state index in [0.29, 0.717) is 0 Å². The zero-order chi connectivity index (χ0) is 21.5. The van der Waals surface area contributed by atoms with Gasteiger partial charge in [-0.15, -0.1) is 0 Å². The van der Waals surface area contributed by atoms with Crippen LogP contribution < -0.4 is 9.04 Å². The van der Waals surface area contributed by atoms with E-state index in [9.17, 15) is 0 Å². The molecule has 0 aliphatic carbocycles. The summed E-state index contributed by atoms with van der Waals surface area (Å²) in [5.74, 6) is 1.06. The Kier molecular flexibility index (Phi) is 5.47. The van der Waals surface area contributed by atoms with Crippen molar-refractivity contribution in [1.29, 1.82) is 0 Å². The maximum Gasteiger partial charge on any atom is 0.122 e. The molecule has 0 spiro atoms. The van der Waals surface area contributed by atoms with Gasteiger partial charge in [0, 0.05) is 11.8 Å². The van der Waals surface area contributed by atoms with Crippen LogP contribution in [0, 0.1) is 6.92 Å². The van der Waals surface area contributed by atoms with Crippen molar-refractivity contribution >= 4 is 17.6 Å². The predicted molar refractivity (Wildman–Crippen MR) is 134 cm³/mol. The third kappa shape index (κ3) is 3.43. The highest BCUT2D eigenvalue weighted by molar-refractivity contribution is 7.99. The Balaban J connectivity index is 1.74. The number of rotatable bonds is 4. The molecule has 2 heterocycles. The van der Waals surface area contributed by atoms with Crippen LogP contribution in [0.1, 0.15) is 48.1 Å². The van der Waals surface area contributed by atoms with Crippen LogP contribution in [0.3, 0.4) is 0 Å². The van der Waals surface area contributed by atoms with Gasteiger partial charge in [-0.3, -0.25) is 0 Å². The van der Waals surface area contributed by atoms with Crippen molar-refractivity contribution in [3.8, 4) is 28.0 Å². The van der Waals surface area contributed by atoms with Crippen molar-refractivity contribution in [3.05, 3.63) is 70.3 Å². The molecule has 2 nitrogen and oxygen atoms in total. The zero-order valence-electron chi connectivity index (χ0n) is 19.0. The Bertz CT molecular complexity index is 1150. The standard InChI is InChI=1S/C28H31NOS/c1-5-19-9-11-24-22(14-19)17-29(31-4)28-18(3)23(6-2)25(16-26(24)28)20-10-12-27-21(15-20)8-7-13-30-27/h9-12,14-16H,5-8,13,17H2,1-4H3. The summed E-state index contributed by atoms with van der Waals surface area (Å²) < 4.78 is 8.35. The molecule has 0 aromatic heterocycles. The van der Waals surface area contributed by atoms with E-state index in [1.165, 1.54) is 55.8 Å². The monoisotopic (exact) mass is 429 g/mol. The van der Waals surface area contributed by atoms with Gasteiger partial charge in [0.1, 0.15) is 5.75 Å².